The molecule has 1 atom stereocenters. The number of ether oxygens (including phenoxy) is 2. The molecule has 2 nitrogen and oxygen atoms in total. The molecule has 0 saturated heterocycles. The molecule has 1 heterocycles. The first-order valence-electron chi connectivity index (χ1n) is 5.57. The Kier molecular flexibility index (Phi) is 4.30. The van der Waals surface area contributed by atoms with Gasteiger partial charge in [-0.05, 0) is 35.6 Å². The van der Waals surface area contributed by atoms with Crippen LogP contribution in [0, 0.1) is 6.92 Å². The standard InChI is InChI=1S/C14H15BrO2S/c1-9-8-10(4-5-11(9)16-2)13(15)14-12(17-3)6-7-18-14/h4-8,13H,1-3H3. The van der Waals surface area contributed by atoms with Crippen LogP contribution in [0.3, 0.4) is 0 Å². The molecular weight excluding hydrogens is 312 g/mol. The number of aryl methyl sites for hydroxylation is 1. The van der Waals surface area contributed by atoms with Gasteiger partial charge in [0.1, 0.15) is 11.5 Å². The highest BCUT2D eigenvalue weighted by molar-refractivity contribution is 9.09. The quantitative estimate of drug-likeness (QED) is 0.767. The predicted molar refractivity (Wildman–Crippen MR) is 79.4 cm³/mol. The van der Waals surface area contributed by atoms with Gasteiger partial charge in [-0.25, -0.2) is 0 Å². The predicted octanol–water partition coefficient (Wildman–Crippen LogP) is 4.56. The largest absolute Gasteiger partial charge is 0.496 e. The molecule has 1 aromatic heterocycles. The number of halogens is 1. The molecule has 0 bridgehead atoms. The Bertz CT molecular complexity index is 536. The highest BCUT2D eigenvalue weighted by Crippen LogP contribution is 2.41. The molecule has 96 valence electrons. The van der Waals surface area contributed by atoms with Crippen LogP contribution >= 0.6 is 27.3 Å². The van der Waals surface area contributed by atoms with Gasteiger partial charge in [0.05, 0.1) is 23.9 Å². The van der Waals surface area contributed by atoms with E-state index in [4.69, 9.17) is 9.47 Å². The topological polar surface area (TPSA) is 18.5 Å². The molecule has 0 spiro atoms. The van der Waals surface area contributed by atoms with Crippen LogP contribution in [-0.2, 0) is 0 Å². The van der Waals surface area contributed by atoms with E-state index in [0.717, 1.165) is 17.1 Å². The van der Waals surface area contributed by atoms with Crippen molar-refractivity contribution in [2.75, 3.05) is 14.2 Å². The maximum Gasteiger partial charge on any atom is 0.134 e. The van der Waals surface area contributed by atoms with E-state index in [1.54, 1.807) is 25.6 Å². The second-order valence-corrected chi connectivity index (χ2v) is 5.81. The van der Waals surface area contributed by atoms with Gasteiger partial charge < -0.3 is 9.47 Å². The van der Waals surface area contributed by atoms with Gasteiger partial charge in [0, 0.05) is 0 Å². The van der Waals surface area contributed by atoms with Gasteiger partial charge in [0.15, 0.2) is 0 Å². The average molecular weight is 327 g/mol. The highest BCUT2D eigenvalue weighted by Gasteiger charge is 2.17. The first-order valence-corrected chi connectivity index (χ1v) is 7.37. The van der Waals surface area contributed by atoms with E-state index in [-0.39, 0.29) is 4.83 Å². The van der Waals surface area contributed by atoms with Crippen LogP contribution in [-0.4, -0.2) is 14.2 Å². The Balaban J connectivity index is 2.34. The van der Waals surface area contributed by atoms with E-state index in [2.05, 4.69) is 28.1 Å². The maximum absolute atomic E-state index is 5.36. The van der Waals surface area contributed by atoms with Crippen molar-refractivity contribution >= 4 is 27.3 Å². The lowest BCUT2D eigenvalue weighted by Gasteiger charge is -2.13. The van der Waals surface area contributed by atoms with Gasteiger partial charge in [0.25, 0.3) is 0 Å². The van der Waals surface area contributed by atoms with Crippen LogP contribution in [0.2, 0.25) is 0 Å². The molecule has 1 unspecified atom stereocenters. The number of rotatable bonds is 4. The van der Waals surface area contributed by atoms with Crippen LogP contribution in [0.15, 0.2) is 29.6 Å². The van der Waals surface area contributed by atoms with Crippen molar-refractivity contribution in [3.05, 3.63) is 45.6 Å². The maximum atomic E-state index is 5.36. The first kappa shape index (κ1) is 13.4. The van der Waals surface area contributed by atoms with Gasteiger partial charge in [-0.3, -0.25) is 0 Å². The van der Waals surface area contributed by atoms with Gasteiger partial charge in [-0.1, -0.05) is 28.1 Å². The Hall–Kier alpha value is -1.00. The molecule has 0 amide bonds. The third-order valence-electron chi connectivity index (χ3n) is 2.82. The molecule has 1 aromatic carbocycles. The first-order chi connectivity index (χ1) is 8.67. The van der Waals surface area contributed by atoms with Crippen molar-refractivity contribution in [3.63, 3.8) is 0 Å². The molecule has 0 radical (unpaired) electrons. The van der Waals surface area contributed by atoms with E-state index in [0.29, 0.717) is 0 Å². The minimum Gasteiger partial charge on any atom is -0.496 e. The second-order valence-electron chi connectivity index (χ2n) is 3.94. The summed E-state index contributed by atoms with van der Waals surface area (Å²) in [6.07, 6.45) is 0. The lowest BCUT2D eigenvalue weighted by molar-refractivity contribution is 0.411. The highest BCUT2D eigenvalue weighted by atomic mass is 79.9. The van der Waals surface area contributed by atoms with Crippen molar-refractivity contribution in [2.24, 2.45) is 0 Å². The van der Waals surface area contributed by atoms with Crippen molar-refractivity contribution in [2.45, 2.75) is 11.8 Å². The minimum absolute atomic E-state index is 0.150. The zero-order chi connectivity index (χ0) is 13.1. The third-order valence-corrected chi connectivity index (χ3v) is 5.07. The fourth-order valence-electron chi connectivity index (χ4n) is 1.87. The summed E-state index contributed by atoms with van der Waals surface area (Å²) in [5.41, 5.74) is 2.34. The fraction of sp³-hybridized carbons (Fsp3) is 0.286. The summed E-state index contributed by atoms with van der Waals surface area (Å²) in [6, 6.07) is 8.20. The average Bonchev–Trinajstić information content (AvgIpc) is 2.86. The molecular formula is C14H15BrO2S. The molecule has 2 rings (SSSR count). The third kappa shape index (κ3) is 2.54. The summed E-state index contributed by atoms with van der Waals surface area (Å²) in [4.78, 5) is 1.33. The van der Waals surface area contributed by atoms with Crippen LogP contribution in [0.1, 0.15) is 20.8 Å². The molecule has 0 aliphatic heterocycles. The van der Waals surface area contributed by atoms with E-state index in [9.17, 15) is 0 Å². The molecule has 0 aliphatic carbocycles. The number of hydrogen-bond acceptors (Lipinski definition) is 3. The van der Waals surface area contributed by atoms with Crippen LogP contribution in [0.4, 0.5) is 0 Å². The van der Waals surface area contributed by atoms with E-state index in [1.165, 1.54) is 10.4 Å². The zero-order valence-electron chi connectivity index (χ0n) is 10.6. The van der Waals surface area contributed by atoms with Crippen molar-refractivity contribution in [1.82, 2.24) is 0 Å². The minimum atomic E-state index is 0.150. The second kappa shape index (κ2) is 5.76. The monoisotopic (exact) mass is 326 g/mol. The fourth-order valence-corrected chi connectivity index (χ4v) is 3.57. The number of alkyl halides is 1. The van der Waals surface area contributed by atoms with Gasteiger partial charge in [0.2, 0.25) is 0 Å². The van der Waals surface area contributed by atoms with E-state index < -0.39 is 0 Å². The number of hydrogen-bond donors (Lipinski definition) is 0. The summed E-state index contributed by atoms with van der Waals surface area (Å²) in [7, 11) is 3.39. The zero-order valence-corrected chi connectivity index (χ0v) is 13.0. The van der Waals surface area contributed by atoms with Gasteiger partial charge >= 0.3 is 0 Å². The van der Waals surface area contributed by atoms with Crippen LogP contribution < -0.4 is 9.47 Å². The van der Waals surface area contributed by atoms with Crippen LogP contribution in [0.25, 0.3) is 0 Å². The SMILES string of the molecule is COc1ccc(C(Br)c2sccc2OC)cc1C. The van der Waals surface area contributed by atoms with Gasteiger partial charge in [-0.15, -0.1) is 11.3 Å². The molecule has 2 aromatic rings. The summed E-state index contributed by atoms with van der Waals surface area (Å²) in [5, 5.41) is 2.04. The Morgan fingerprint density at radius 3 is 2.44 bits per heavy atom. The Morgan fingerprint density at radius 2 is 1.83 bits per heavy atom. The summed E-state index contributed by atoms with van der Waals surface area (Å²) < 4.78 is 10.6. The summed E-state index contributed by atoms with van der Waals surface area (Å²) in [6.45, 7) is 2.05. The number of methoxy groups -OCH3 is 2. The molecule has 18 heavy (non-hydrogen) atoms. The Labute approximate surface area is 120 Å². The normalized spacial score (nSPS) is 12.2. The number of benzene rings is 1. The van der Waals surface area contributed by atoms with Gasteiger partial charge in [-0.2, -0.15) is 0 Å². The van der Waals surface area contributed by atoms with Crippen molar-refractivity contribution in [3.8, 4) is 11.5 Å². The molecule has 0 N–H and O–H groups in total. The molecule has 0 aliphatic rings. The van der Waals surface area contributed by atoms with E-state index in [1.807, 2.05) is 24.4 Å². The molecule has 0 fully saturated rings. The van der Waals surface area contributed by atoms with E-state index >= 15 is 0 Å². The molecule has 0 saturated carbocycles. The van der Waals surface area contributed by atoms with Crippen molar-refractivity contribution < 1.29 is 9.47 Å². The summed E-state index contributed by atoms with van der Waals surface area (Å²) >= 11 is 5.42. The smallest absolute Gasteiger partial charge is 0.134 e. The molecule has 4 heteroatoms. The van der Waals surface area contributed by atoms with Crippen molar-refractivity contribution in [1.29, 1.82) is 0 Å². The summed E-state index contributed by atoms with van der Waals surface area (Å²) in [5.74, 6) is 1.84. The van der Waals surface area contributed by atoms with Crippen LogP contribution in [0.5, 0.6) is 11.5 Å². The lowest BCUT2D eigenvalue weighted by atomic mass is 10.1. The number of thiophene rings is 1. The Morgan fingerprint density at radius 1 is 1.11 bits per heavy atom. The lowest BCUT2D eigenvalue weighted by Crippen LogP contribution is -1.95.